The van der Waals surface area contributed by atoms with Gasteiger partial charge in [-0.05, 0) is 20.8 Å². The molecule has 0 aliphatic rings. The summed E-state index contributed by atoms with van der Waals surface area (Å²) in [6, 6.07) is 0. The summed E-state index contributed by atoms with van der Waals surface area (Å²) in [6.07, 6.45) is 0. The number of aryl methyl sites for hydroxylation is 3. The number of nitrogens with zero attached hydrogens (tertiary/aromatic N) is 2. The van der Waals surface area contributed by atoms with Crippen molar-refractivity contribution in [3.05, 3.63) is 27.5 Å². The van der Waals surface area contributed by atoms with Crippen molar-refractivity contribution in [1.82, 2.24) is 14.7 Å². The largest absolute Gasteiger partial charge is 0.444 e. The Morgan fingerprint density at radius 3 is 2.42 bits per heavy atom. The molecule has 0 bridgehead atoms. The second kappa shape index (κ2) is 5.20. The molecule has 0 amide bonds. The minimum atomic E-state index is -3.65. The lowest BCUT2D eigenvalue weighted by atomic mass is 10.4. The molecule has 2 aromatic rings. The van der Waals surface area contributed by atoms with E-state index >= 15 is 0 Å². The highest BCUT2D eigenvalue weighted by molar-refractivity contribution is 7.91. The zero-order valence-corrected chi connectivity index (χ0v) is 12.9. The van der Waals surface area contributed by atoms with Crippen LogP contribution in [0.3, 0.4) is 0 Å². The molecule has 0 saturated carbocycles. The van der Waals surface area contributed by atoms with Crippen molar-refractivity contribution in [2.24, 2.45) is 0 Å². The second-order valence-electron chi connectivity index (χ2n) is 3.91. The number of hydrogen-bond acceptors (Lipinski definition) is 6. The van der Waals surface area contributed by atoms with Gasteiger partial charge in [-0.25, -0.2) is 23.1 Å². The summed E-state index contributed by atoms with van der Waals surface area (Å²) >= 11 is 6.61. The van der Waals surface area contributed by atoms with Crippen molar-refractivity contribution in [3.63, 3.8) is 0 Å². The SMILES string of the molecule is Cc1nc(CNS(=O)(=O)c2sc(Cl)nc2C)oc1C. The van der Waals surface area contributed by atoms with E-state index in [4.69, 9.17) is 16.0 Å². The van der Waals surface area contributed by atoms with Crippen molar-refractivity contribution in [2.45, 2.75) is 31.5 Å². The third kappa shape index (κ3) is 3.14. The quantitative estimate of drug-likeness (QED) is 0.933. The predicted molar refractivity (Wildman–Crippen MR) is 71.9 cm³/mol. The Morgan fingerprint density at radius 2 is 1.95 bits per heavy atom. The first kappa shape index (κ1) is 14.4. The molecule has 1 N–H and O–H groups in total. The monoisotopic (exact) mass is 321 g/mol. The van der Waals surface area contributed by atoms with Crippen molar-refractivity contribution in [1.29, 1.82) is 0 Å². The van der Waals surface area contributed by atoms with Gasteiger partial charge in [0.1, 0.15) is 5.76 Å². The number of sulfonamides is 1. The highest BCUT2D eigenvalue weighted by Crippen LogP contribution is 2.26. The molecule has 6 nitrogen and oxygen atoms in total. The number of oxazole rings is 1. The van der Waals surface area contributed by atoms with Crippen LogP contribution in [-0.4, -0.2) is 18.4 Å². The molecule has 2 aromatic heterocycles. The minimum absolute atomic E-state index is 0.00796. The van der Waals surface area contributed by atoms with E-state index in [0.29, 0.717) is 17.3 Å². The smallest absolute Gasteiger partial charge is 0.252 e. The Balaban J connectivity index is 2.16. The maximum absolute atomic E-state index is 12.1. The third-order valence-corrected chi connectivity index (χ3v) is 5.73. The molecule has 0 radical (unpaired) electrons. The van der Waals surface area contributed by atoms with Crippen molar-refractivity contribution in [2.75, 3.05) is 0 Å². The van der Waals surface area contributed by atoms with Crippen LogP contribution in [-0.2, 0) is 16.6 Å². The van der Waals surface area contributed by atoms with E-state index in [-0.39, 0.29) is 15.2 Å². The Kier molecular flexibility index (Phi) is 3.95. The average molecular weight is 322 g/mol. The van der Waals surface area contributed by atoms with E-state index in [0.717, 1.165) is 17.0 Å². The van der Waals surface area contributed by atoms with Gasteiger partial charge in [0.15, 0.2) is 8.68 Å². The van der Waals surface area contributed by atoms with Gasteiger partial charge in [-0.3, -0.25) is 0 Å². The van der Waals surface area contributed by atoms with Gasteiger partial charge in [0.05, 0.1) is 17.9 Å². The molecular formula is C10H12ClN3O3S2. The first-order valence-electron chi connectivity index (χ1n) is 5.35. The fourth-order valence-corrected chi connectivity index (χ4v) is 4.19. The van der Waals surface area contributed by atoms with Gasteiger partial charge in [0.25, 0.3) is 10.0 Å². The van der Waals surface area contributed by atoms with Crippen LogP contribution < -0.4 is 4.72 Å². The summed E-state index contributed by atoms with van der Waals surface area (Å²) < 4.78 is 32.1. The Morgan fingerprint density at radius 1 is 1.26 bits per heavy atom. The number of nitrogens with one attached hydrogen (secondary N) is 1. The van der Waals surface area contributed by atoms with Gasteiger partial charge in [-0.2, -0.15) is 0 Å². The molecule has 0 spiro atoms. The summed E-state index contributed by atoms with van der Waals surface area (Å²) in [5, 5.41) is 0. The maximum Gasteiger partial charge on any atom is 0.252 e. The molecule has 0 saturated heterocycles. The Bertz CT molecular complexity index is 686. The average Bonchev–Trinajstić information content (AvgIpc) is 2.80. The Hall–Kier alpha value is -0.960. The van der Waals surface area contributed by atoms with E-state index in [1.807, 2.05) is 0 Å². The van der Waals surface area contributed by atoms with Crippen molar-refractivity contribution < 1.29 is 12.8 Å². The molecule has 0 aliphatic heterocycles. The van der Waals surface area contributed by atoms with Crippen LogP contribution in [0.1, 0.15) is 23.0 Å². The molecule has 19 heavy (non-hydrogen) atoms. The predicted octanol–water partition coefficient (Wildman–Crippen LogP) is 2.19. The van der Waals surface area contributed by atoms with Crippen LogP contribution in [0.15, 0.2) is 8.63 Å². The summed E-state index contributed by atoms with van der Waals surface area (Å²) in [4.78, 5) is 7.98. The maximum atomic E-state index is 12.1. The van der Waals surface area contributed by atoms with E-state index in [1.165, 1.54) is 0 Å². The molecule has 0 atom stereocenters. The van der Waals surface area contributed by atoms with Crippen LogP contribution in [0.4, 0.5) is 0 Å². The van der Waals surface area contributed by atoms with Gasteiger partial charge in [0.2, 0.25) is 5.89 Å². The van der Waals surface area contributed by atoms with Gasteiger partial charge in [-0.1, -0.05) is 22.9 Å². The number of halogens is 1. The lowest BCUT2D eigenvalue weighted by Crippen LogP contribution is -2.23. The zero-order chi connectivity index (χ0) is 14.2. The number of aromatic nitrogens is 2. The first-order chi connectivity index (χ1) is 8.79. The lowest BCUT2D eigenvalue weighted by molar-refractivity contribution is 0.463. The van der Waals surface area contributed by atoms with Gasteiger partial charge in [-0.15, -0.1) is 0 Å². The van der Waals surface area contributed by atoms with E-state index < -0.39 is 10.0 Å². The zero-order valence-electron chi connectivity index (χ0n) is 10.5. The normalized spacial score (nSPS) is 12.0. The minimum Gasteiger partial charge on any atom is -0.444 e. The molecule has 9 heteroatoms. The summed E-state index contributed by atoms with van der Waals surface area (Å²) in [6.45, 7) is 5.15. The van der Waals surface area contributed by atoms with E-state index in [1.54, 1.807) is 20.8 Å². The second-order valence-corrected chi connectivity index (χ2v) is 7.46. The first-order valence-corrected chi connectivity index (χ1v) is 8.03. The highest BCUT2D eigenvalue weighted by Gasteiger charge is 2.22. The van der Waals surface area contributed by atoms with Gasteiger partial charge >= 0.3 is 0 Å². The molecule has 2 heterocycles. The fraction of sp³-hybridized carbons (Fsp3) is 0.400. The summed E-state index contributed by atoms with van der Waals surface area (Å²) in [5.74, 6) is 0.998. The number of hydrogen-bond donors (Lipinski definition) is 1. The molecule has 0 aliphatic carbocycles. The highest BCUT2D eigenvalue weighted by atomic mass is 35.5. The van der Waals surface area contributed by atoms with E-state index in [9.17, 15) is 8.42 Å². The molecule has 0 unspecified atom stereocenters. The number of rotatable bonds is 4. The standard InChI is InChI=1S/C10H12ClN3O3S2/c1-5-7(3)17-8(13-5)4-12-19(15,16)9-6(2)14-10(11)18-9/h12H,4H2,1-3H3. The summed E-state index contributed by atoms with van der Waals surface area (Å²) in [5.41, 5.74) is 1.12. The van der Waals surface area contributed by atoms with Crippen molar-refractivity contribution in [3.8, 4) is 0 Å². The topological polar surface area (TPSA) is 85.1 Å². The fourth-order valence-electron chi connectivity index (χ4n) is 1.44. The molecule has 2 rings (SSSR count). The molecule has 0 fully saturated rings. The van der Waals surface area contributed by atoms with Gasteiger partial charge < -0.3 is 4.42 Å². The van der Waals surface area contributed by atoms with Crippen LogP contribution in [0.5, 0.6) is 0 Å². The van der Waals surface area contributed by atoms with Crippen LogP contribution >= 0.6 is 22.9 Å². The third-order valence-electron chi connectivity index (χ3n) is 2.46. The van der Waals surface area contributed by atoms with E-state index in [2.05, 4.69) is 14.7 Å². The molecule has 0 aromatic carbocycles. The lowest BCUT2D eigenvalue weighted by Gasteiger charge is -2.02. The van der Waals surface area contributed by atoms with Crippen LogP contribution in [0.2, 0.25) is 4.47 Å². The molecular weight excluding hydrogens is 310 g/mol. The van der Waals surface area contributed by atoms with Crippen LogP contribution in [0.25, 0.3) is 0 Å². The molecule has 104 valence electrons. The summed E-state index contributed by atoms with van der Waals surface area (Å²) in [7, 11) is -3.65. The number of thiazole rings is 1. The van der Waals surface area contributed by atoms with Crippen molar-refractivity contribution >= 4 is 33.0 Å². The van der Waals surface area contributed by atoms with Gasteiger partial charge in [0, 0.05) is 0 Å². The van der Waals surface area contributed by atoms with Crippen LogP contribution in [0, 0.1) is 20.8 Å². The Labute approximate surface area is 119 Å².